The molecule has 0 fully saturated rings. The number of ether oxygens (including phenoxy) is 1. The largest absolute Gasteiger partial charge is 0.492 e. The Labute approximate surface area is 145 Å². The van der Waals surface area contributed by atoms with E-state index in [4.69, 9.17) is 33.0 Å². The van der Waals surface area contributed by atoms with Gasteiger partial charge in [0.2, 0.25) is 0 Å². The lowest BCUT2D eigenvalue weighted by Crippen LogP contribution is -2.17. The Morgan fingerprint density at radius 3 is 2.61 bits per heavy atom. The van der Waals surface area contributed by atoms with Gasteiger partial charge in [-0.1, -0.05) is 55.3 Å². The molecule has 0 aromatic heterocycles. The zero-order valence-corrected chi connectivity index (χ0v) is 14.7. The van der Waals surface area contributed by atoms with E-state index >= 15 is 0 Å². The molecule has 0 atom stereocenters. The maximum absolute atomic E-state index is 10.7. The van der Waals surface area contributed by atoms with Crippen molar-refractivity contribution < 1.29 is 14.6 Å². The van der Waals surface area contributed by atoms with Crippen molar-refractivity contribution in [1.29, 1.82) is 0 Å². The second kappa shape index (κ2) is 6.81. The van der Waals surface area contributed by atoms with Crippen molar-refractivity contribution in [3.63, 3.8) is 0 Å². The number of benzene rings is 1. The number of carboxylic acid groups (broad SMARTS) is 1. The van der Waals surface area contributed by atoms with E-state index < -0.39 is 5.97 Å². The lowest BCUT2D eigenvalue weighted by molar-refractivity contribution is -0.131. The number of carbonyl (C=O) groups is 1. The van der Waals surface area contributed by atoms with Gasteiger partial charge >= 0.3 is 5.97 Å². The molecule has 23 heavy (non-hydrogen) atoms. The first kappa shape index (κ1) is 17.6. The van der Waals surface area contributed by atoms with Gasteiger partial charge in [0, 0.05) is 23.1 Å². The molecule has 1 N–H and O–H groups in total. The SMILES string of the molecule is CC(/C=C/C1=CC(C)(C)COc2cc(Cl)c(Cl)cc21)=C\C(=O)O. The quantitative estimate of drug-likeness (QED) is 0.586. The van der Waals surface area contributed by atoms with E-state index in [2.05, 4.69) is 19.9 Å². The minimum Gasteiger partial charge on any atom is -0.492 e. The van der Waals surface area contributed by atoms with Gasteiger partial charge < -0.3 is 9.84 Å². The molecule has 0 saturated carbocycles. The van der Waals surface area contributed by atoms with E-state index in [1.54, 1.807) is 25.1 Å². The normalized spacial score (nSPS) is 17.3. The molecule has 0 spiro atoms. The summed E-state index contributed by atoms with van der Waals surface area (Å²) in [5, 5.41) is 9.69. The van der Waals surface area contributed by atoms with Crippen molar-refractivity contribution in [2.24, 2.45) is 5.41 Å². The van der Waals surface area contributed by atoms with Crippen molar-refractivity contribution in [2.45, 2.75) is 20.8 Å². The van der Waals surface area contributed by atoms with Gasteiger partial charge in [0.15, 0.2) is 0 Å². The summed E-state index contributed by atoms with van der Waals surface area (Å²) in [6, 6.07) is 3.48. The first-order valence-electron chi connectivity index (χ1n) is 7.12. The van der Waals surface area contributed by atoms with Gasteiger partial charge in [-0.3, -0.25) is 0 Å². The van der Waals surface area contributed by atoms with E-state index in [1.165, 1.54) is 0 Å². The minimum absolute atomic E-state index is 0.179. The Morgan fingerprint density at radius 2 is 1.96 bits per heavy atom. The lowest BCUT2D eigenvalue weighted by Gasteiger charge is -2.18. The Bertz CT molecular complexity index is 728. The van der Waals surface area contributed by atoms with E-state index in [0.717, 1.165) is 17.2 Å². The van der Waals surface area contributed by atoms with Gasteiger partial charge in [-0.15, -0.1) is 0 Å². The fraction of sp³-hybridized carbons (Fsp3) is 0.278. The average molecular weight is 353 g/mol. The van der Waals surface area contributed by atoms with Gasteiger partial charge in [0.1, 0.15) is 5.75 Å². The molecular weight excluding hydrogens is 335 g/mol. The van der Waals surface area contributed by atoms with Gasteiger partial charge in [0.05, 0.1) is 16.7 Å². The highest BCUT2D eigenvalue weighted by Crippen LogP contribution is 2.40. The molecule has 3 nitrogen and oxygen atoms in total. The summed E-state index contributed by atoms with van der Waals surface area (Å²) in [6.45, 7) is 6.38. The van der Waals surface area contributed by atoms with Crippen molar-refractivity contribution in [1.82, 2.24) is 0 Å². The highest BCUT2D eigenvalue weighted by molar-refractivity contribution is 6.42. The van der Waals surface area contributed by atoms with Crippen molar-refractivity contribution in [3.05, 3.63) is 57.6 Å². The Balaban J connectivity index is 2.51. The Morgan fingerprint density at radius 1 is 1.30 bits per heavy atom. The van der Waals surface area contributed by atoms with Gasteiger partial charge in [-0.2, -0.15) is 0 Å². The number of allylic oxidation sites excluding steroid dienone is 4. The molecule has 122 valence electrons. The molecule has 0 aliphatic carbocycles. The second-order valence-electron chi connectivity index (χ2n) is 6.20. The zero-order chi connectivity index (χ0) is 17.2. The third-order valence-electron chi connectivity index (χ3n) is 3.36. The molecule has 0 unspecified atom stereocenters. The number of hydrogen-bond donors (Lipinski definition) is 1. The van der Waals surface area contributed by atoms with Crippen LogP contribution < -0.4 is 4.74 Å². The summed E-state index contributed by atoms with van der Waals surface area (Å²) in [7, 11) is 0. The number of halogens is 2. The van der Waals surface area contributed by atoms with E-state index in [-0.39, 0.29) is 5.41 Å². The summed E-state index contributed by atoms with van der Waals surface area (Å²) in [6.07, 6.45) is 6.88. The highest BCUT2D eigenvalue weighted by Gasteiger charge is 2.23. The number of rotatable bonds is 3. The molecule has 1 heterocycles. The molecule has 5 heteroatoms. The summed E-state index contributed by atoms with van der Waals surface area (Å²) in [5.41, 5.74) is 2.22. The smallest absolute Gasteiger partial charge is 0.328 e. The van der Waals surface area contributed by atoms with Gasteiger partial charge in [-0.05, 0) is 24.1 Å². The fourth-order valence-corrected chi connectivity index (χ4v) is 2.60. The zero-order valence-electron chi connectivity index (χ0n) is 13.2. The van der Waals surface area contributed by atoms with E-state index in [9.17, 15) is 4.79 Å². The molecule has 0 amide bonds. The third-order valence-corrected chi connectivity index (χ3v) is 4.08. The molecule has 0 radical (unpaired) electrons. The number of aliphatic carboxylic acids is 1. The van der Waals surface area contributed by atoms with Crippen LogP contribution in [0.3, 0.4) is 0 Å². The van der Waals surface area contributed by atoms with Crippen LogP contribution in [-0.2, 0) is 4.79 Å². The van der Waals surface area contributed by atoms with Gasteiger partial charge in [-0.25, -0.2) is 4.79 Å². The van der Waals surface area contributed by atoms with Crippen LogP contribution in [0.5, 0.6) is 5.75 Å². The predicted octanol–water partition coefficient (Wildman–Crippen LogP) is 5.38. The predicted molar refractivity (Wildman–Crippen MR) is 94.2 cm³/mol. The maximum atomic E-state index is 10.7. The number of fused-ring (bicyclic) bond motifs is 1. The molecule has 0 saturated heterocycles. The van der Waals surface area contributed by atoms with E-state index in [0.29, 0.717) is 28.0 Å². The highest BCUT2D eigenvalue weighted by atomic mass is 35.5. The molecule has 1 aliphatic rings. The second-order valence-corrected chi connectivity index (χ2v) is 7.01. The van der Waals surface area contributed by atoms with Crippen molar-refractivity contribution in [3.8, 4) is 5.75 Å². The van der Waals surface area contributed by atoms with Crippen LogP contribution in [0, 0.1) is 5.41 Å². The summed E-state index contributed by atoms with van der Waals surface area (Å²) in [4.78, 5) is 10.7. The Hall–Kier alpha value is -1.71. The van der Waals surface area contributed by atoms with Crippen LogP contribution >= 0.6 is 23.2 Å². The maximum Gasteiger partial charge on any atom is 0.328 e. The van der Waals surface area contributed by atoms with Crippen LogP contribution in [0.15, 0.2) is 42.0 Å². The fourth-order valence-electron chi connectivity index (χ4n) is 2.28. The van der Waals surface area contributed by atoms with Crippen LogP contribution in [0.4, 0.5) is 0 Å². The average Bonchev–Trinajstić information content (AvgIpc) is 2.54. The monoisotopic (exact) mass is 352 g/mol. The standard InChI is InChI=1S/C18H18Cl2O3/c1-11(6-17(21)22)4-5-12-9-18(2,3)10-23-16-8-15(20)14(19)7-13(12)16/h4-9H,10H2,1-3H3,(H,21,22)/b5-4+,11-6+. The summed E-state index contributed by atoms with van der Waals surface area (Å²) < 4.78 is 5.86. The van der Waals surface area contributed by atoms with E-state index in [1.807, 2.05) is 6.08 Å². The first-order valence-corrected chi connectivity index (χ1v) is 7.88. The van der Waals surface area contributed by atoms with Crippen LogP contribution in [-0.4, -0.2) is 17.7 Å². The molecule has 1 aromatic carbocycles. The molecule has 0 bridgehead atoms. The van der Waals surface area contributed by atoms with Crippen molar-refractivity contribution >= 4 is 34.7 Å². The molecule has 1 aliphatic heterocycles. The number of carboxylic acids is 1. The molecule has 2 rings (SSSR count). The van der Waals surface area contributed by atoms with Crippen LogP contribution in [0.2, 0.25) is 10.0 Å². The van der Waals surface area contributed by atoms with Gasteiger partial charge in [0.25, 0.3) is 0 Å². The summed E-state index contributed by atoms with van der Waals surface area (Å²) >= 11 is 12.2. The molecule has 1 aromatic rings. The minimum atomic E-state index is -0.971. The topological polar surface area (TPSA) is 46.5 Å². The Kier molecular flexibility index (Phi) is 5.23. The first-order chi connectivity index (χ1) is 10.7. The lowest BCUT2D eigenvalue weighted by atomic mass is 9.90. The van der Waals surface area contributed by atoms with Crippen molar-refractivity contribution in [2.75, 3.05) is 6.61 Å². The number of hydrogen-bond acceptors (Lipinski definition) is 2. The summed E-state index contributed by atoms with van der Waals surface area (Å²) in [5.74, 6) is -0.304. The third kappa shape index (κ3) is 4.63. The van der Waals surface area contributed by atoms with Crippen LogP contribution in [0.25, 0.3) is 5.57 Å². The van der Waals surface area contributed by atoms with Crippen LogP contribution in [0.1, 0.15) is 26.3 Å². The molecular formula is C18H18Cl2O3.